The molecule has 14 heavy (non-hydrogen) atoms. The average molecular weight is 211 g/mol. The van der Waals surface area contributed by atoms with E-state index >= 15 is 0 Å². The molecule has 1 heterocycles. The fraction of sp³-hybridized carbons (Fsp3) is 0.222. The maximum absolute atomic E-state index is 11.7. The lowest BCUT2D eigenvalue weighted by molar-refractivity contribution is -0.133. The van der Waals surface area contributed by atoms with E-state index in [-0.39, 0.29) is 10.8 Å². The van der Waals surface area contributed by atoms with E-state index in [0.29, 0.717) is 13.0 Å². The number of carbonyl (C=O) groups excluding carboxylic acids is 1. The second-order valence-electron chi connectivity index (χ2n) is 3.03. The number of benzene rings is 1. The van der Waals surface area contributed by atoms with Gasteiger partial charge in [-0.1, -0.05) is 18.2 Å². The summed E-state index contributed by atoms with van der Waals surface area (Å²) in [5, 5.41) is 0. The van der Waals surface area contributed by atoms with Crippen LogP contribution >= 0.6 is 0 Å². The second-order valence-corrected chi connectivity index (χ2v) is 4.90. The van der Waals surface area contributed by atoms with Crippen LogP contribution in [0, 0.1) is 0 Å². The Balaban J connectivity index is 2.39. The average Bonchev–Trinajstić information content (AvgIpc) is 2.16. The van der Waals surface area contributed by atoms with Crippen LogP contribution in [0.1, 0.15) is 6.42 Å². The molecule has 1 aliphatic heterocycles. The Morgan fingerprint density at radius 1 is 1.14 bits per heavy atom. The van der Waals surface area contributed by atoms with Crippen LogP contribution in [0.25, 0.3) is 0 Å². The van der Waals surface area contributed by atoms with Gasteiger partial charge >= 0.3 is 0 Å². The summed E-state index contributed by atoms with van der Waals surface area (Å²) in [6.45, 7) is 0.302. The molecule has 1 saturated heterocycles. The summed E-state index contributed by atoms with van der Waals surface area (Å²) in [6.07, 6.45) is 0.325. The molecule has 1 fully saturated rings. The molecule has 0 aliphatic carbocycles. The predicted octanol–water partition coefficient (Wildman–Crippen LogP) is 0.608. The summed E-state index contributed by atoms with van der Waals surface area (Å²) in [5.41, 5.74) is 0. The van der Waals surface area contributed by atoms with Crippen molar-refractivity contribution in [2.24, 2.45) is 0 Å². The zero-order chi connectivity index (χ0) is 10.2. The highest BCUT2D eigenvalue weighted by atomic mass is 32.2. The standard InChI is InChI=1S/C9H9NO3S/c11-9-6-7-10(9)14(12,13)8-4-2-1-3-5-8/h1-5H,6-7H2. The molecular weight excluding hydrogens is 202 g/mol. The highest BCUT2D eigenvalue weighted by Crippen LogP contribution is 2.21. The van der Waals surface area contributed by atoms with E-state index in [1.54, 1.807) is 18.2 Å². The lowest BCUT2D eigenvalue weighted by Crippen LogP contribution is -2.47. The fourth-order valence-electron chi connectivity index (χ4n) is 1.27. The number of hydrogen-bond donors (Lipinski definition) is 0. The maximum atomic E-state index is 11.7. The Bertz CT molecular complexity index is 452. The van der Waals surface area contributed by atoms with Crippen molar-refractivity contribution >= 4 is 15.9 Å². The van der Waals surface area contributed by atoms with Crippen molar-refractivity contribution in [1.82, 2.24) is 4.31 Å². The maximum Gasteiger partial charge on any atom is 0.266 e. The van der Waals surface area contributed by atoms with Gasteiger partial charge in [0.05, 0.1) is 4.90 Å². The van der Waals surface area contributed by atoms with Crippen LogP contribution in [-0.2, 0) is 14.8 Å². The van der Waals surface area contributed by atoms with Gasteiger partial charge in [0, 0.05) is 13.0 Å². The van der Waals surface area contributed by atoms with E-state index in [4.69, 9.17) is 0 Å². The number of nitrogens with zero attached hydrogens (tertiary/aromatic N) is 1. The molecule has 0 unspecified atom stereocenters. The molecule has 74 valence electrons. The van der Waals surface area contributed by atoms with E-state index in [1.165, 1.54) is 12.1 Å². The molecule has 0 saturated carbocycles. The molecular formula is C9H9NO3S. The molecule has 1 aliphatic rings. The van der Waals surface area contributed by atoms with E-state index in [9.17, 15) is 13.2 Å². The molecule has 0 atom stereocenters. The van der Waals surface area contributed by atoms with Gasteiger partial charge in [-0.2, -0.15) is 0 Å². The normalized spacial score (nSPS) is 16.6. The molecule has 0 aromatic heterocycles. The Kier molecular flexibility index (Phi) is 2.03. The summed E-state index contributed by atoms with van der Waals surface area (Å²) in [5.74, 6) is -0.325. The third-order valence-corrected chi connectivity index (χ3v) is 3.97. The molecule has 0 spiro atoms. The number of hydrogen-bond acceptors (Lipinski definition) is 3. The van der Waals surface area contributed by atoms with Crippen LogP contribution in [0.15, 0.2) is 35.2 Å². The van der Waals surface area contributed by atoms with Crippen LogP contribution < -0.4 is 0 Å². The quantitative estimate of drug-likeness (QED) is 0.673. The van der Waals surface area contributed by atoms with Gasteiger partial charge < -0.3 is 0 Å². The van der Waals surface area contributed by atoms with Gasteiger partial charge in [-0.25, -0.2) is 12.7 Å². The molecule has 4 nitrogen and oxygen atoms in total. The lowest BCUT2D eigenvalue weighted by Gasteiger charge is -2.29. The van der Waals surface area contributed by atoms with Gasteiger partial charge in [0.15, 0.2) is 0 Å². The number of sulfonamides is 1. The van der Waals surface area contributed by atoms with Gasteiger partial charge in [0.1, 0.15) is 0 Å². The molecule has 2 rings (SSSR count). The highest BCUT2D eigenvalue weighted by Gasteiger charge is 2.35. The fourth-order valence-corrected chi connectivity index (χ4v) is 2.71. The van der Waals surface area contributed by atoms with E-state index < -0.39 is 10.0 Å². The van der Waals surface area contributed by atoms with E-state index in [2.05, 4.69) is 0 Å². The predicted molar refractivity (Wildman–Crippen MR) is 50.0 cm³/mol. The summed E-state index contributed by atoms with van der Waals surface area (Å²) >= 11 is 0. The summed E-state index contributed by atoms with van der Waals surface area (Å²) in [6, 6.07) is 7.98. The topological polar surface area (TPSA) is 54.5 Å². The molecule has 0 N–H and O–H groups in total. The summed E-state index contributed by atoms with van der Waals surface area (Å²) < 4.78 is 24.4. The van der Waals surface area contributed by atoms with Crippen molar-refractivity contribution in [3.63, 3.8) is 0 Å². The first kappa shape index (κ1) is 9.21. The summed E-state index contributed by atoms with van der Waals surface area (Å²) in [7, 11) is -3.57. The zero-order valence-electron chi connectivity index (χ0n) is 7.38. The first-order chi connectivity index (χ1) is 6.62. The highest BCUT2D eigenvalue weighted by molar-refractivity contribution is 7.89. The molecule has 1 aromatic carbocycles. The van der Waals surface area contributed by atoms with Crippen molar-refractivity contribution in [1.29, 1.82) is 0 Å². The number of amides is 1. The molecule has 0 radical (unpaired) electrons. The number of carbonyl (C=O) groups is 1. The van der Waals surface area contributed by atoms with Gasteiger partial charge in [0.25, 0.3) is 10.0 Å². The minimum Gasteiger partial charge on any atom is -0.274 e. The SMILES string of the molecule is O=C1CCN1S(=O)(=O)c1ccccc1. The van der Waals surface area contributed by atoms with E-state index in [0.717, 1.165) is 4.31 Å². The molecule has 5 heteroatoms. The second kappa shape index (κ2) is 3.09. The Labute approximate surface area is 82.2 Å². The van der Waals surface area contributed by atoms with Crippen LogP contribution in [0.2, 0.25) is 0 Å². The molecule has 1 amide bonds. The molecule has 1 aromatic rings. The summed E-state index contributed by atoms with van der Waals surface area (Å²) in [4.78, 5) is 11.2. The van der Waals surface area contributed by atoms with Crippen LogP contribution in [-0.4, -0.2) is 25.2 Å². The van der Waals surface area contributed by atoms with Gasteiger partial charge in [-0.15, -0.1) is 0 Å². The minimum atomic E-state index is -3.57. The Morgan fingerprint density at radius 2 is 1.79 bits per heavy atom. The van der Waals surface area contributed by atoms with Gasteiger partial charge in [-0.3, -0.25) is 4.79 Å². The van der Waals surface area contributed by atoms with Crippen LogP contribution in [0.3, 0.4) is 0 Å². The van der Waals surface area contributed by atoms with E-state index in [1.807, 2.05) is 0 Å². The first-order valence-corrected chi connectivity index (χ1v) is 5.67. The van der Waals surface area contributed by atoms with Crippen molar-refractivity contribution in [2.75, 3.05) is 6.54 Å². The molecule has 0 bridgehead atoms. The lowest BCUT2D eigenvalue weighted by atomic mass is 10.3. The van der Waals surface area contributed by atoms with Crippen molar-refractivity contribution in [3.8, 4) is 0 Å². The third kappa shape index (κ3) is 1.29. The number of β-lactam (4-membered cyclic amide) rings is 1. The smallest absolute Gasteiger partial charge is 0.266 e. The van der Waals surface area contributed by atoms with Crippen molar-refractivity contribution < 1.29 is 13.2 Å². The van der Waals surface area contributed by atoms with Gasteiger partial charge in [0.2, 0.25) is 5.91 Å². The zero-order valence-corrected chi connectivity index (χ0v) is 8.20. The van der Waals surface area contributed by atoms with Gasteiger partial charge in [-0.05, 0) is 12.1 Å². The largest absolute Gasteiger partial charge is 0.274 e. The number of rotatable bonds is 2. The van der Waals surface area contributed by atoms with Crippen LogP contribution in [0.5, 0.6) is 0 Å². The minimum absolute atomic E-state index is 0.174. The van der Waals surface area contributed by atoms with Crippen LogP contribution in [0.4, 0.5) is 0 Å². The monoisotopic (exact) mass is 211 g/mol. The first-order valence-electron chi connectivity index (χ1n) is 4.23. The Hall–Kier alpha value is -1.36. The third-order valence-electron chi connectivity index (χ3n) is 2.14. The van der Waals surface area contributed by atoms with Crippen molar-refractivity contribution in [3.05, 3.63) is 30.3 Å². The van der Waals surface area contributed by atoms with Crippen molar-refractivity contribution in [2.45, 2.75) is 11.3 Å². The Morgan fingerprint density at radius 3 is 2.21 bits per heavy atom.